The summed E-state index contributed by atoms with van der Waals surface area (Å²) in [6.45, 7) is 1.58. The van der Waals surface area contributed by atoms with E-state index in [1.807, 2.05) is 97.1 Å². The molecular formula is C40H39N3O6. The summed E-state index contributed by atoms with van der Waals surface area (Å²) in [6.07, 6.45) is 1.92. The number of amides is 2. The first kappa shape index (κ1) is 33.1. The second-order valence-corrected chi connectivity index (χ2v) is 11.8. The van der Waals surface area contributed by atoms with E-state index >= 15 is 0 Å². The van der Waals surface area contributed by atoms with Crippen LogP contribution in [0.15, 0.2) is 115 Å². The first-order chi connectivity index (χ1) is 23.9. The molecule has 1 atom stereocenters. The fourth-order valence-electron chi connectivity index (χ4n) is 5.94. The highest BCUT2D eigenvalue weighted by molar-refractivity contribution is 5.98. The van der Waals surface area contributed by atoms with Gasteiger partial charge >= 0.3 is 0 Å². The molecule has 5 aromatic rings. The van der Waals surface area contributed by atoms with Crippen LogP contribution in [0.4, 0.5) is 5.69 Å². The molecule has 4 aromatic carbocycles. The number of pyridine rings is 1. The number of anilines is 1. The van der Waals surface area contributed by atoms with Gasteiger partial charge in [0.25, 0.3) is 5.91 Å². The van der Waals surface area contributed by atoms with Crippen LogP contribution in [0.2, 0.25) is 0 Å². The quantitative estimate of drug-likeness (QED) is 0.134. The molecule has 9 heteroatoms. The number of hydrogen-bond donors (Lipinski definition) is 0. The number of hydrogen-bond acceptors (Lipinski definition) is 7. The number of carbonyl (C=O) groups excluding carboxylic acids is 2. The van der Waals surface area contributed by atoms with E-state index in [1.54, 1.807) is 49.5 Å². The van der Waals surface area contributed by atoms with Crippen molar-refractivity contribution in [2.24, 2.45) is 0 Å². The van der Waals surface area contributed by atoms with Crippen LogP contribution in [-0.2, 0) is 24.5 Å². The van der Waals surface area contributed by atoms with Crippen LogP contribution in [-0.4, -0.2) is 49.6 Å². The zero-order valence-corrected chi connectivity index (χ0v) is 27.9. The summed E-state index contributed by atoms with van der Waals surface area (Å²) >= 11 is 0. The van der Waals surface area contributed by atoms with E-state index in [2.05, 4.69) is 4.98 Å². The molecule has 9 nitrogen and oxygen atoms in total. The lowest BCUT2D eigenvalue weighted by Gasteiger charge is -2.24. The molecule has 1 unspecified atom stereocenters. The number of methoxy groups -OCH3 is 3. The van der Waals surface area contributed by atoms with E-state index in [-0.39, 0.29) is 23.4 Å². The Morgan fingerprint density at radius 3 is 2.02 bits per heavy atom. The minimum Gasteiger partial charge on any atom is -0.497 e. The largest absolute Gasteiger partial charge is 0.497 e. The number of benzene rings is 4. The smallest absolute Gasteiger partial charge is 0.273 e. The Kier molecular flexibility index (Phi) is 10.4. The molecule has 0 saturated carbocycles. The van der Waals surface area contributed by atoms with Crippen molar-refractivity contribution in [1.82, 2.24) is 9.88 Å². The van der Waals surface area contributed by atoms with E-state index in [1.165, 1.54) is 0 Å². The zero-order valence-electron chi connectivity index (χ0n) is 27.9. The fraction of sp³-hybridized carbons (Fsp3) is 0.225. The Morgan fingerprint density at radius 2 is 1.41 bits per heavy atom. The van der Waals surface area contributed by atoms with Gasteiger partial charge in [-0.25, -0.2) is 0 Å². The first-order valence-electron chi connectivity index (χ1n) is 16.1. The molecule has 1 aromatic heterocycles. The van der Waals surface area contributed by atoms with Crippen LogP contribution >= 0.6 is 0 Å². The van der Waals surface area contributed by atoms with Crippen molar-refractivity contribution in [1.29, 1.82) is 0 Å². The Balaban J connectivity index is 1.20. The van der Waals surface area contributed by atoms with Crippen molar-refractivity contribution < 1.29 is 28.5 Å². The van der Waals surface area contributed by atoms with Gasteiger partial charge in [0, 0.05) is 43.9 Å². The molecule has 1 aliphatic heterocycles. The van der Waals surface area contributed by atoms with Crippen LogP contribution in [0.5, 0.6) is 23.0 Å². The number of aromatic nitrogens is 1. The van der Waals surface area contributed by atoms with E-state index in [9.17, 15) is 9.59 Å². The predicted molar refractivity (Wildman–Crippen MR) is 187 cm³/mol. The van der Waals surface area contributed by atoms with Crippen molar-refractivity contribution in [2.75, 3.05) is 32.8 Å². The van der Waals surface area contributed by atoms with E-state index in [4.69, 9.17) is 18.9 Å². The molecule has 2 amide bonds. The van der Waals surface area contributed by atoms with Gasteiger partial charge in [0.2, 0.25) is 5.91 Å². The van der Waals surface area contributed by atoms with E-state index < -0.39 is 0 Å². The van der Waals surface area contributed by atoms with Crippen LogP contribution in [0, 0.1) is 0 Å². The normalized spacial score (nSPS) is 14.0. The minimum absolute atomic E-state index is 0.0227. The number of nitrogens with zero attached hydrogens (tertiary/aromatic N) is 3. The highest BCUT2D eigenvalue weighted by Gasteiger charge is 2.33. The maximum absolute atomic E-state index is 14.1. The van der Waals surface area contributed by atoms with Crippen LogP contribution < -0.4 is 23.8 Å². The van der Waals surface area contributed by atoms with Crippen LogP contribution in [0.3, 0.4) is 0 Å². The highest BCUT2D eigenvalue weighted by atomic mass is 16.5. The molecular weight excluding hydrogens is 618 g/mol. The second-order valence-electron chi connectivity index (χ2n) is 11.8. The van der Waals surface area contributed by atoms with Gasteiger partial charge in [-0.05, 0) is 70.8 Å². The molecule has 0 aliphatic carbocycles. The maximum Gasteiger partial charge on any atom is 0.273 e. The van der Waals surface area contributed by atoms with Crippen molar-refractivity contribution in [3.63, 3.8) is 0 Å². The van der Waals surface area contributed by atoms with Crippen LogP contribution in [0.25, 0.3) is 0 Å². The molecule has 0 spiro atoms. The summed E-state index contributed by atoms with van der Waals surface area (Å²) in [5, 5.41) is 0. The highest BCUT2D eigenvalue weighted by Crippen LogP contribution is 2.37. The average Bonchev–Trinajstić information content (AvgIpc) is 3.55. The molecule has 0 bridgehead atoms. The molecule has 1 aliphatic rings. The lowest BCUT2D eigenvalue weighted by atomic mass is 9.98. The Hall–Kier alpha value is -5.83. The monoisotopic (exact) mass is 657 g/mol. The van der Waals surface area contributed by atoms with Gasteiger partial charge in [-0.3, -0.25) is 14.6 Å². The molecule has 0 N–H and O–H groups in total. The summed E-state index contributed by atoms with van der Waals surface area (Å²) in [6, 6.07) is 34.5. The molecule has 1 saturated heterocycles. The van der Waals surface area contributed by atoms with Gasteiger partial charge < -0.3 is 28.7 Å². The summed E-state index contributed by atoms with van der Waals surface area (Å²) in [7, 11) is 4.86. The Labute approximate surface area is 286 Å². The van der Waals surface area contributed by atoms with Gasteiger partial charge in [-0.2, -0.15) is 0 Å². The lowest BCUT2D eigenvalue weighted by molar-refractivity contribution is -0.117. The predicted octanol–water partition coefficient (Wildman–Crippen LogP) is 7.05. The van der Waals surface area contributed by atoms with E-state index in [0.717, 1.165) is 33.8 Å². The zero-order chi connectivity index (χ0) is 34.2. The number of carbonyl (C=O) groups is 2. The van der Waals surface area contributed by atoms with Gasteiger partial charge in [0.15, 0.2) is 11.5 Å². The van der Waals surface area contributed by atoms with Crippen LogP contribution in [0.1, 0.15) is 45.1 Å². The van der Waals surface area contributed by atoms with Crippen molar-refractivity contribution >= 4 is 17.5 Å². The Bertz CT molecular complexity index is 1830. The molecule has 1 fully saturated rings. The molecule has 2 heterocycles. The minimum atomic E-state index is -0.243. The van der Waals surface area contributed by atoms with Crippen molar-refractivity contribution in [3.05, 3.63) is 143 Å². The lowest BCUT2D eigenvalue weighted by Crippen LogP contribution is -2.31. The van der Waals surface area contributed by atoms with Gasteiger partial charge in [-0.15, -0.1) is 0 Å². The Morgan fingerprint density at radius 1 is 0.755 bits per heavy atom. The van der Waals surface area contributed by atoms with Gasteiger partial charge in [0.1, 0.15) is 23.8 Å². The topological polar surface area (TPSA) is 90.4 Å². The SMILES string of the molecule is COc1ccc(CN(Cc2ccc(OC)cc2)C(=O)c2cc(N3CC(c4ccc(OC)c(OCc5ccccc5)c4)CC3=O)ccn2)cc1. The third-order valence-electron chi connectivity index (χ3n) is 8.65. The molecule has 250 valence electrons. The summed E-state index contributed by atoms with van der Waals surface area (Å²) in [5.74, 6) is 2.41. The van der Waals surface area contributed by atoms with Gasteiger partial charge in [0.05, 0.1) is 21.3 Å². The van der Waals surface area contributed by atoms with Crippen molar-refractivity contribution in [3.8, 4) is 23.0 Å². The van der Waals surface area contributed by atoms with E-state index in [0.29, 0.717) is 49.8 Å². The summed E-state index contributed by atoms with van der Waals surface area (Å²) < 4.78 is 22.3. The third kappa shape index (κ3) is 8.01. The third-order valence-corrected chi connectivity index (χ3v) is 8.65. The maximum atomic E-state index is 14.1. The average molecular weight is 658 g/mol. The molecule has 6 rings (SSSR count). The molecule has 0 radical (unpaired) electrons. The van der Waals surface area contributed by atoms with Gasteiger partial charge in [-0.1, -0.05) is 60.7 Å². The summed E-state index contributed by atoms with van der Waals surface area (Å²) in [5.41, 5.74) is 4.82. The molecule has 49 heavy (non-hydrogen) atoms. The first-order valence-corrected chi connectivity index (χ1v) is 16.1. The fourth-order valence-corrected chi connectivity index (χ4v) is 5.94. The second kappa shape index (κ2) is 15.4. The number of rotatable bonds is 13. The summed E-state index contributed by atoms with van der Waals surface area (Å²) in [4.78, 5) is 35.4. The van der Waals surface area contributed by atoms with Crippen molar-refractivity contribution in [2.45, 2.75) is 32.0 Å². The number of ether oxygens (including phenoxy) is 4. The standard InChI is InChI=1S/C40H39N3O6/c1-46-34-14-9-28(10-15-34)24-42(25-29-11-16-35(47-2)17-12-29)40(45)36-23-33(19-20-41-36)43-26-32(22-39(43)44)31-13-18-37(48-3)38(21-31)49-27-30-7-5-4-6-8-30/h4-21,23,32H,22,24-27H2,1-3H3.